The molecule has 0 unspecified atom stereocenters. The van der Waals surface area contributed by atoms with Crippen molar-refractivity contribution in [2.24, 2.45) is 5.92 Å². The van der Waals surface area contributed by atoms with Crippen LogP contribution in [0, 0.1) is 5.92 Å². The number of halogens is 3. The molecule has 2 N–H and O–H groups in total. The molecule has 2 atom stereocenters. The van der Waals surface area contributed by atoms with E-state index in [0.717, 1.165) is 30.3 Å². The molecule has 0 aromatic heterocycles. The van der Waals surface area contributed by atoms with Gasteiger partial charge in [-0.3, -0.25) is 9.59 Å². The van der Waals surface area contributed by atoms with E-state index >= 15 is 0 Å². The van der Waals surface area contributed by atoms with Crippen molar-refractivity contribution < 1.29 is 27.5 Å². The fourth-order valence-corrected chi connectivity index (χ4v) is 4.09. The maximum Gasteiger partial charge on any atom is 0.573 e. The fraction of sp³-hybridized carbons (Fsp3) is 0.529. The minimum atomic E-state index is -4.81. The van der Waals surface area contributed by atoms with Crippen molar-refractivity contribution in [1.82, 2.24) is 15.5 Å². The molecule has 1 aromatic carbocycles. The summed E-state index contributed by atoms with van der Waals surface area (Å²) in [7, 11) is 0. The van der Waals surface area contributed by atoms with Crippen LogP contribution in [0.3, 0.4) is 0 Å². The molecule has 0 bridgehead atoms. The topological polar surface area (TPSA) is 70.7 Å². The third-order valence-electron chi connectivity index (χ3n) is 4.47. The third kappa shape index (κ3) is 5.52. The Morgan fingerprint density at radius 1 is 1.37 bits per heavy atom. The van der Waals surface area contributed by atoms with E-state index < -0.39 is 18.0 Å². The second-order valence-electron chi connectivity index (χ2n) is 6.49. The zero-order chi connectivity index (χ0) is 19.4. The van der Waals surface area contributed by atoms with Crippen LogP contribution in [0.2, 0.25) is 0 Å². The number of carbonyl (C=O) groups excluding carboxylic acids is 2. The minimum Gasteiger partial charge on any atom is -0.406 e. The summed E-state index contributed by atoms with van der Waals surface area (Å²) < 4.78 is 40.7. The normalized spacial score (nSPS) is 22.7. The molecular weight excluding hydrogens is 383 g/mol. The van der Waals surface area contributed by atoms with Crippen molar-refractivity contribution in [3.8, 4) is 5.75 Å². The average Bonchev–Trinajstić information content (AvgIpc) is 3.29. The Morgan fingerprint density at radius 2 is 2.19 bits per heavy atom. The number of rotatable bonds is 5. The van der Waals surface area contributed by atoms with Gasteiger partial charge in [0.1, 0.15) is 5.75 Å². The summed E-state index contributed by atoms with van der Waals surface area (Å²) in [6, 6.07) is 4.69. The summed E-state index contributed by atoms with van der Waals surface area (Å²) in [5.74, 6) is 0.933. The lowest BCUT2D eigenvalue weighted by Gasteiger charge is -2.19. The predicted molar refractivity (Wildman–Crippen MR) is 94.4 cm³/mol. The number of nitrogens with one attached hydrogen (secondary N) is 2. The van der Waals surface area contributed by atoms with Gasteiger partial charge in [0.05, 0.1) is 11.9 Å². The van der Waals surface area contributed by atoms with Gasteiger partial charge in [-0.1, -0.05) is 6.07 Å². The molecule has 0 saturated carbocycles. The van der Waals surface area contributed by atoms with Gasteiger partial charge in [0.25, 0.3) is 5.91 Å². The zero-order valence-electron chi connectivity index (χ0n) is 14.4. The van der Waals surface area contributed by atoms with Crippen LogP contribution >= 0.6 is 11.8 Å². The van der Waals surface area contributed by atoms with Crippen LogP contribution in [0.1, 0.15) is 16.8 Å². The largest absolute Gasteiger partial charge is 0.573 e. The second kappa shape index (κ2) is 8.39. The Morgan fingerprint density at radius 3 is 2.89 bits per heavy atom. The van der Waals surface area contributed by atoms with Crippen molar-refractivity contribution in [3.05, 3.63) is 29.8 Å². The van der Waals surface area contributed by atoms with E-state index in [-0.39, 0.29) is 23.4 Å². The first kappa shape index (κ1) is 19.8. The highest BCUT2D eigenvalue weighted by Crippen LogP contribution is 2.23. The van der Waals surface area contributed by atoms with E-state index in [4.69, 9.17) is 0 Å². The number of benzene rings is 1. The molecule has 0 radical (unpaired) electrons. The summed E-state index contributed by atoms with van der Waals surface area (Å²) in [6.45, 7) is 1.71. The van der Waals surface area contributed by atoms with Crippen molar-refractivity contribution in [1.29, 1.82) is 0 Å². The van der Waals surface area contributed by atoms with Crippen molar-refractivity contribution in [2.45, 2.75) is 18.8 Å². The second-order valence-corrected chi connectivity index (χ2v) is 7.56. The first-order valence-electron chi connectivity index (χ1n) is 8.56. The van der Waals surface area contributed by atoms with E-state index in [0.29, 0.717) is 19.5 Å². The van der Waals surface area contributed by atoms with Crippen molar-refractivity contribution >= 4 is 23.6 Å². The number of amides is 2. The minimum absolute atomic E-state index is 0.0874. The van der Waals surface area contributed by atoms with Gasteiger partial charge in [0.15, 0.2) is 0 Å². The number of thioether (sulfide) groups is 1. The maximum atomic E-state index is 12.4. The summed E-state index contributed by atoms with van der Waals surface area (Å²) in [4.78, 5) is 26.4. The molecule has 2 aliphatic rings. The molecule has 10 heteroatoms. The summed E-state index contributed by atoms with van der Waals surface area (Å²) in [5, 5.41) is 5.90. The first-order valence-corrected chi connectivity index (χ1v) is 9.71. The predicted octanol–water partition coefficient (Wildman–Crippen LogP) is 1.83. The number of hydrogen-bond acceptors (Lipinski definition) is 5. The molecule has 27 heavy (non-hydrogen) atoms. The van der Waals surface area contributed by atoms with Gasteiger partial charge in [-0.15, -0.1) is 24.9 Å². The van der Waals surface area contributed by atoms with Crippen LogP contribution in [0.15, 0.2) is 24.3 Å². The summed E-state index contributed by atoms with van der Waals surface area (Å²) >= 11 is 1.73. The molecule has 3 rings (SSSR count). The van der Waals surface area contributed by atoms with Gasteiger partial charge in [0, 0.05) is 31.0 Å². The third-order valence-corrected chi connectivity index (χ3v) is 5.43. The number of ether oxygens (including phenoxy) is 1. The van der Waals surface area contributed by atoms with Crippen LogP contribution in [0.4, 0.5) is 13.2 Å². The highest BCUT2D eigenvalue weighted by molar-refractivity contribution is 7.99. The van der Waals surface area contributed by atoms with Gasteiger partial charge in [-0.2, -0.15) is 0 Å². The van der Waals surface area contributed by atoms with Crippen LogP contribution in [-0.4, -0.2) is 60.4 Å². The van der Waals surface area contributed by atoms with Crippen LogP contribution in [-0.2, 0) is 4.79 Å². The lowest BCUT2D eigenvalue weighted by molar-refractivity contribution is -0.274. The average molecular weight is 403 g/mol. The molecular formula is C17H20F3N3O3S. The fourth-order valence-electron chi connectivity index (χ4n) is 3.13. The molecule has 0 spiro atoms. The molecule has 2 aliphatic heterocycles. The Bertz CT molecular complexity index is 695. The molecule has 0 aliphatic carbocycles. The highest BCUT2D eigenvalue weighted by atomic mass is 32.2. The number of nitrogens with zero attached hydrogens (tertiary/aromatic N) is 1. The lowest BCUT2D eigenvalue weighted by atomic mass is 10.0. The monoisotopic (exact) mass is 403 g/mol. The van der Waals surface area contributed by atoms with Crippen LogP contribution < -0.4 is 15.4 Å². The van der Waals surface area contributed by atoms with Gasteiger partial charge in [-0.25, -0.2) is 0 Å². The number of alkyl halides is 3. The lowest BCUT2D eigenvalue weighted by Crippen LogP contribution is -2.42. The van der Waals surface area contributed by atoms with Crippen LogP contribution in [0.5, 0.6) is 5.75 Å². The molecule has 1 aromatic rings. The van der Waals surface area contributed by atoms with Gasteiger partial charge in [0.2, 0.25) is 5.91 Å². The molecule has 148 valence electrons. The first-order chi connectivity index (χ1) is 12.8. The highest BCUT2D eigenvalue weighted by Gasteiger charge is 2.34. The van der Waals surface area contributed by atoms with Crippen molar-refractivity contribution in [2.75, 3.05) is 31.3 Å². The Labute approximate surface area is 158 Å². The molecule has 2 amide bonds. The van der Waals surface area contributed by atoms with Gasteiger partial charge in [-0.05, 0) is 30.5 Å². The van der Waals surface area contributed by atoms with E-state index in [2.05, 4.69) is 15.4 Å². The Balaban J connectivity index is 1.48. The Hall–Kier alpha value is -1.94. The molecule has 2 saturated heterocycles. The number of carbonyl (C=O) groups is 2. The van der Waals surface area contributed by atoms with Crippen molar-refractivity contribution in [3.63, 3.8) is 0 Å². The maximum absolute atomic E-state index is 12.4. The molecule has 2 heterocycles. The summed E-state index contributed by atoms with van der Waals surface area (Å²) in [5.41, 5.74) is 0.0874. The number of hydrogen-bond donors (Lipinski definition) is 2. The zero-order valence-corrected chi connectivity index (χ0v) is 15.2. The van der Waals surface area contributed by atoms with Gasteiger partial charge < -0.3 is 20.3 Å². The SMILES string of the molecule is O=C(NC[C@@H]1CN[C@H](C(=O)N2CCSC2)C1)c1cccc(OC(F)(F)F)c1. The van der Waals surface area contributed by atoms with E-state index in [1.54, 1.807) is 11.8 Å². The van der Waals surface area contributed by atoms with E-state index in [1.807, 2.05) is 4.90 Å². The van der Waals surface area contributed by atoms with Gasteiger partial charge >= 0.3 is 6.36 Å². The standard InChI is InChI=1S/C17H20F3N3O3S/c18-17(19,20)26-13-3-1-2-12(7-13)15(24)22-9-11-6-14(21-8-11)16(25)23-4-5-27-10-23/h1-3,7,11,14,21H,4-6,8-10H2,(H,22,24)/t11-,14-/m0/s1. The molecule has 2 fully saturated rings. The smallest absolute Gasteiger partial charge is 0.406 e. The van der Waals surface area contributed by atoms with E-state index in [1.165, 1.54) is 12.1 Å². The Kier molecular flexibility index (Phi) is 6.15. The van der Waals surface area contributed by atoms with E-state index in [9.17, 15) is 22.8 Å². The quantitative estimate of drug-likeness (QED) is 0.785. The summed E-state index contributed by atoms with van der Waals surface area (Å²) in [6.07, 6.45) is -4.18. The van der Waals surface area contributed by atoms with Crippen LogP contribution in [0.25, 0.3) is 0 Å². The molecule has 6 nitrogen and oxygen atoms in total.